The van der Waals surface area contributed by atoms with Crippen LogP contribution in [0.1, 0.15) is 23.8 Å². The van der Waals surface area contributed by atoms with Gasteiger partial charge in [0.15, 0.2) is 0 Å². The monoisotopic (exact) mass is 432 g/mol. The van der Waals surface area contributed by atoms with Crippen LogP contribution in [-0.4, -0.2) is 73.6 Å². The van der Waals surface area contributed by atoms with Crippen molar-refractivity contribution in [3.8, 4) is 17.0 Å². The van der Waals surface area contributed by atoms with Crippen LogP contribution in [0.4, 0.5) is 0 Å². The number of nitrogens with one attached hydrogen (secondary N) is 1. The summed E-state index contributed by atoms with van der Waals surface area (Å²) < 4.78 is 5.54. The molecule has 1 fully saturated rings. The summed E-state index contributed by atoms with van der Waals surface area (Å²) in [4.78, 5) is 22.6. The van der Waals surface area contributed by atoms with Crippen molar-refractivity contribution < 1.29 is 9.53 Å². The normalized spacial score (nSPS) is 15.1. The average Bonchev–Trinajstić information content (AvgIpc) is 2.83. The Bertz CT molecular complexity index is 1040. The predicted molar refractivity (Wildman–Crippen MR) is 129 cm³/mol. The van der Waals surface area contributed by atoms with E-state index in [1.807, 2.05) is 61.5 Å². The molecule has 2 aromatic carbocycles. The molecule has 2 heterocycles. The topological polar surface area (TPSA) is 57.7 Å². The molecule has 0 spiro atoms. The quantitative estimate of drug-likeness (QED) is 0.551. The van der Waals surface area contributed by atoms with E-state index in [9.17, 15) is 4.79 Å². The lowest BCUT2D eigenvalue weighted by molar-refractivity contribution is 0.0946. The molecule has 0 saturated carbocycles. The SMILES string of the molecule is CCOc1ccc(-c2cc3ccccc3c(C(=O)NCCCN3CCN(C)CC3)n2)cc1. The molecule has 6 heteroatoms. The van der Waals surface area contributed by atoms with Gasteiger partial charge in [0.25, 0.3) is 5.91 Å². The zero-order valence-electron chi connectivity index (χ0n) is 19.0. The standard InChI is InChI=1S/C26H32N4O2/c1-3-32-22-11-9-20(10-12-22)24-19-21-7-4-5-8-23(21)25(28-24)26(31)27-13-6-14-30-17-15-29(2)16-18-30/h4-5,7-12,19H,3,6,13-18H2,1-2H3,(H,27,31). The number of hydrogen-bond donors (Lipinski definition) is 1. The van der Waals surface area contributed by atoms with Crippen LogP contribution < -0.4 is 10.1 Å². The van der Waals surface area contributed by atoms with Gasteiger partial charge in [-0.15, -0.1) is 0 Å². The molecule has 0 radical (unpaired) electrons. The van der Waals surface area contributed by atoms with E-state index in [1.54, 1.807) is 0 Å². The maximum atomic E-state index is 13.1. The van der Waals surface area contributed by atoms with E-state index in [0.717, 1.165) is 66.9 Å². The number of piperazine rings is 1. The minimum Gasteiger partial charge on any atom is -0.494 e. The zero-order chi connectivity index (χ0) is 22.3. The average molecular weight is 433 g/mol. The number of amides is 1. The fourth-order valence-corrected chi connectivity index (χ4v) is 4.07. The Labute approximate surface area is 190 Å². The van der Waals surface area contributed by atoms with Gasteiger partial charge in [-0.2, -0.15) is 0 Å². The van der Waals surface area contributed by atoms with Crippen LogP contribution in [0.5, 0.6) is 5.75 Å². The summed E-state index contributed by atoms with van der Waals surface area (Å²) in [7, 11) is 2.16. The Balaban J connectivity index is 1.46. The van der Waals surface area contributed by atoms with E-state index in [0.29, 0.717) is 18.8 Å². The molecule has 1 aliphatic rings. The van der Waals surface area contributed by atoms with E-state index in [1.165, 1.54) is 0 Å². The Morgan fingerprint density at radius 3 is 2.56 bits per heavy atom. The number of rotatable bonds is 8. The molecular weight excluding hydrogens is 400 g/mol. The molecule has 3 aromatic rings. The summed E-state index contributed by atoms with van der Waals surface area (Å²) in [5.41, 5.74) is 2.23. The van der Waals surface area contributed by atoms with Gasteiger partial charge in [-0.25, -0.2) is 4.98 Å². The number of carbonyl (C=O) groups excluding carboxylic acids is 1. The van der Waals surface area contributed by atoms with Crippen molar-refractivity contribution in [1.82, 2.24) is 20.1 Å². The van der Waals surface area contributed by atoms with Crippen LogP contribution in [0.2, 0.25) is 0 Å². The second-order valence-corrected chi connectivity index (χ2v) is 8.29. The van der Waals surface area contributed by atoms with E-state index in [2.05, 4.69) is 22.2 Å². The van der Waals surface area contributed by atoms with E-state index in [-0.39, 0.29) is 5.91 Å². The van der Waals surface area contributed by atoms with Gasteiger partial charge in [0.05, 0.1) is 12.3 Å². The summed E-state index contributed by atoms with van der Waals surface area (Å²) in [5.74, 6) is 0.711. The second kappa shape index (κ2) is 10.6. The summed E-state index contributed by atoms with van der Waals surface area (Å²) >= 11 is 0. The molecule has 0 unspecified atom stereocenters. The highest BCUT2D eigenvalue weighted by Crippen LogP contribution is 2.26. The van der Waals surface area contributed by atoms with E-state index < -0.39 is 0 Å². The lowest BCUT2D eigenvalue weighted by atomic mass is 10.0. The minimum atomic E-state index is -0.118. The summed E-state index contributed by atoms with van der Waals surface area (Å²) in [6, 6.07) is 17.8. The van der Waals surface area contributed by atoms with Gasteiger partial charge in [-0.05, 0) is 62.7 Å². The van der Waals surface area contributed by atoms with Gasteiger partial charge in [-0.3, -0.25) is 4.79 Å². The fourth-order valence-electron chi connectivity index (χ4n) is 4.07. The first-order chi connectivity index (χ1) is 15.6. The third-order valence-corrected chi connectivity index (χ3v) is 5.95. The molecular formula is C26H32N4O2. The lowest BCUT2D eigenvalue weighted by Gasteiger charge is -2.32. The number of nitrogens with zero attached hydrogens (tertiary/aromatic N) is 3. The first-order valence-electron chi connectivity index (χ1n) is 11.5. The molecule has 1 amide bonds. The molecule has 32 heavy (non-hydrogen) atoms. The first kappa shape index (κ1) is 22.2. The third-order valence-electron chi connectivity index (χ3n) is 5.95. The largest absolute Gasteiger partial charge is 0.494 e. The summed E-state index contributed by atoms with van der Waals surface area (Å²) in [6.45, 7) is 8.67. The second-order valence-electron chi connectivity index (χ2n) is 8.29. The smallest absolute Gasteiger partial charge is 0.270 e. The summed E-state index contributed by atoms with van der Waals surface area (Å²) in [5, 5.41) is 4.97. The minimum absolute atomic E-state index is 0.118. The lowest BCUT2D eigenvalue weighted by Crippen LogP contribution is -2.45. The Morgan fingerprint density at radius 2 is 1.81 bits per heavy atom. The van der Waals surface area contributed by atoms with Gasteiger partial charge < -0.3 is 19.9 Å². The number of carbonyl (C=O) groups is 1. The van der Waals surface area contributed by atoms with Crippen LogP contribution in [-0.2, 0) is 0 Å². The molecule has 168 valence electrons. The third kappa shape index (κ3) is 5.44. The van der Waals surface area contributed by atoms with Crippen molar-refractivity contribution in [2.75, 3.05) is 52.9 Å². The molecule has 0 aliphatic carbocycles. The number of hydrogen-bond acceptors (Lipinski definition) is 5. The van der Waals surface area contributed by atoms with E-state index >= 15 is 0 Å². The first-order valence-corrected chi connectivity index (χ1v) is 11.5. The van der Waals surface area contributed by atoms with Gasteiger partial charge in [0, 0.05) is 43.7 Å². The maximum absolute atomic E-state index is 13.1. The van der Waals surface area contributed by atoms with Crippen LogP contribution in [0.25, 0.3) is 22.0 Å². The van der Waals surface area contributed by atoms with Crippen molar-refractivity contribution in [2.45, 2.75) is 13.3 Å². The highest BCUT2D eigenvalue weighted by molar-refractivity contribution is 6.06. The Kier molecular flexibility index (Phi) is 7.35. The van der Waals surface area contributed by atoms with Crippen LogP contribution in [0, 0.1) is 0 Å². The number of ether oxygens (including phenoxy) is 1. The fraction of sp³-hybridized carbons (Fsp3) is 0.385. The van der Waals surface area contributed by atoms with Gasteiger partial charge in [0.1, 0.15) is 11.4 Å². The van der Waals surface area contributed by atoms with Crippen LogP contribution >= 0.6 is 0 Å². The molecule has 0 atom stereocenters. The molecule has 6 nitrogen and oxygen atoms in total. The maximum Gasteiger partial charge on any atom is 0.270 e. The van der Waals surface area contributed by atoms with Crippen LogP contribution in [0.15, 0.2) is 54.6 Å². The van der Waals surface area contributed by atoms with Crippen LogP contribution in [0.3, 0.4) is 0 Å². The number of benzene rings is 2. The number of likely N-dealkylation sites (N-methyl/N-ethyl adjacent to an activating group) is 1. The van der Waals surface area contributed by atoms with Crippen molar-refractivity contribution >= 4 is 16.7 Å². The van der Waals surface area contributed by atoms with Gasteiger partial charge >= 0.3 is 0 Å². The van der Waals surface area contributed by atoms with Gasteiger partial charge in [-0.1, -0.05) is 24.3 Å². The van der Waals surface area contributed by atoms with Crippen molar-refractivity contribution in [3.63, 3.8) is 0 Å². The van der Waals surface area contributed by atoms with Gasteiger partial charge in [0.2, 0.25) is 0 Å². The highest BCUT2D eigenvalue weighted by atomic mass is 16.5. The number of fused-ring (bicyclic) bond motifs is 1. The highest BCUT2D eigenvalue weighted by Gasteiger charge is 2.16. The molecule has 1 N–H and O–H groups in total. The Morgan fingerprint density at radius 1 is 1.06 bits per heavy atom. The molecule has 4 rings (SSSR count). The van der Waals surface area contributed by atoms with E-state index in [4.69, 9.17) is 9.72 Å². The Hall–Kier alpha value is -2.96. The molecule has 1 saturated heterocycles. The predicted octanol–water partition coefficient (Wildman–Crippen LogP) is 3.67. The van der Waals surface area contributed by atoms with Crippen molar-refractivity contribution in [2.24, 2.45) is 0 Å². The summed E-state index contributed by atoms with van der Waals surface area (Å²) in [6.07, 6.45) is 0.936. The molecule has 1 aromatic heterocycles. The molecule has 1 aliphatic heterocycles. The molecule has 0 bridgehead atoms. The van der Waals surface area contributed by atoms with Crippen molar-refractivity contribution in [3.05, 3.63) is 60.3 Å². The zero-order valence-corrected chi connectivity index (χ0v) is 19.0. The number of aromatic nitrogens is 1. The van der Waals surface area contributed by atoms with Crippen molar-refractivity contribution in [1.29, 1.82) is 0 Å². The number of pyridine rings is 1.